The Morgan fingerprint density at radius 1 is 1.06 bits per heavy atom. The van der Waals surface area contributed by atoms with E-state index in [0.29, 0.717) is 49.2 Å². The number of halogens is 1. The number of amides is 2. The third kappa shape index (κ3) is 4.41. The molecule has 1 unspecified atom stereocenters. The maximum absolute atomic E-state index is 13.3. The minimum Gasteiger partial charge on any atom is -0.495 e. The second-order valence-electron chi connectivity index (χ2n) is 9.30. The van der Waals surface area contributed by atoms with Crippen molar-refractivity contribution in [3.8, 4) is 5.75 Å². The molecule has 0 radical (unpaired) electrons. The Labute approximate surface area is 210 Å². The van der Waals surface area contributed by atoms with E-state index >= 15 is 0 Å². The van der Waals surface area contributed by atoms with E-state index in [1.54, 1.807) is 30.2 Å². The standard InChI is InChI=1S/C27H29ClN4O3/c1-17-5-4-6-21-18(2)13-24(29-26(17)21)30-9-11-31(12-10-30)27(34)19-14-25(33)32(16-19)22-15-20(28)7-8-23(22)35-3/h4-8,13,15,19H,9-12,14,16H2,1-3H3. The molecule has 1 atom stereocenters. The lowest BCUT2D eigenvalue weighted by Gasteiger charge is -2.36. The summed E-state index contributed by atoms with van der Waals surface area (Å²) < 4.78 is 5.41. The second kappa shape index (κ2) is 9.38. The normalized spacial score (nSPS) is 18.5. The highest BCUT2D eigenvalue weighted by Gasteiger charge is 2.39. The summed E-state index contributed by atoms with van der Waals surface area (Å²) in [4.78, 5) is 36.8. The number of piperazine rings is 1. The molecule has 7 nitrogen and oxygen atoms in total. The first-order chi connectivity index (χ1) is 16.9. The number of rotatable bonds is 4. The summed E-state index contributed by atoms with van der Waals surface area (Å²) in [6, 6.07) is 13.6. The van der Waals surface area contributed by atoms with Gasteiger partial charge >= 0.3 is 0 Å². The molecule has 0 spiro atoms. The van der Waals surface area contributed by atoms with Crippen LogP contribution in [-0.2, 0) is 9.59 Å². The first-order valence-electron chi connectivity index (χ1n) is 11.9. The van der Waals surface area contributed by atoms with Crippen molar-refractivity contribution in [3.05, 3.63) is 58.6 Å². The Balaban J connectivity index is 1.26. The summed E-state index contributed by atoms with van der Waals surface area (Å²) in [6.45, 7) is 7.17. The van der Waals surface area contributed by atoms with Crippen LogP contribution in [0.1, 0.15) is 17.5 Å². The number of hydrogen-bond acceptors (Lipinski definition) is 5. The van der Waals surface area contributed by atoms with E-state index in [9.17, 15) is 9.59 Å². The summed E-state index contributed by atoms with van der Waals surface area (Å²) >= 11 is 6.16. The van der Waals surface area contributed by atoms with Crippen molar-refractivity contribution >= 4 is 45.8 Å². The maximum atomic E-state index is 13.3. The molecule has 35 heavy (non-hydrogen) atoms. The quantitative estimate of drug-likeness (QED) is 0.545. The number of pyridine rings is 1. The van der Waals surface area contributed by atoms with Gasteiger partial charge in [-0.25, -0.2) is 4.98 Å². The third-order valence-electron chi connectivity index (χ3n) is 7.06. The van der Waals surface area contributed by atoms with Gasteiger partial charge in [-0.1, -0.05) is 29.8 Å². The van der Waals surface area contributed by atoms with Gasteiger partial charge in [-0.05, 0) is 49.2 Å². The van der Waals surface area contributed by atoms with Gasteiger partial charge in [0.1, 0.15) is 11.6 Å². The van der Waals surface area contributed by atoms with Crippen LogP contribution in [0.3, 0.4) is 0 Å². The lowest BCUT2D eigenvalue weighted by molar-refractivity contribution is -0.136. The topological polar surface area (TPSA) is 66.0 Å². The molecule has 0 N–H and O–H groups in total. The van der Waals surface area contributed by atoms with Crippen molar-refractivity contribution in [2.24, 2.45) is 5.92 Å². The summed E-state index contributed by atoms with van der Waals surface area (Å²) in [6.07, 6.45) is 0.194. The number of para-hydroxylation sites is 1. The van der Waals surface area contributed by atoms with Gasteiger partial charge in [0.25, 0.3) is 0 Å². The summed E-state index contributed by atoms with van der Waals surface area (Å²) in [7, 11) is 1.56. The lowest BCUT2D eigenvalue weighted by Crippen LogP contribution is -2.51. The molecule has 2 fully saturated rings. The van der Waals surface area contributed by atoms with Crippen molar-refractivity contribution in [2.45, 2.75) is 20.3 Å². The first-order valence-corrected chi connectivity index (χ1v) is 12.3. The zero-order valence-electron chi connectivity index (χ0n) is 20.3. The van der Waals surface area contributed by atoms with Crippen LogP contribution in [0.5, 0.6) is 5.75 Å². The van der Waals surface area contributed by atoms with E-state index in [1.807, 2.05) is 4.90 Å². The Kier molecular flexibility index (Phi) is 6.28. The van der Waals surface area contributed by atoms with Crippen LogP contribution in [0.15, 0.2) is 42.5 Å². The molecule has 0 aliphatic carbocycles. The van der Waals surface area contributed by atoms with Crippen LogP contribution in [0, 0.1) is 19.8 Å². The zero-order chi connectivity index (χ0) is 24.7. The average molecular weight is 493 g/mol. The van der Waals surface area contributed by atoms with E-state index in [-0.39, 0.29) is 24.2 Å². The van der Waals surface area contributed by atoms with E-state index in [4.69, 9.17) is 21.3 Å². The van der Waals surface area contributed by atoms with Gasteiger partial charge in [0.05, 0.1) is 24.2 Å². The van der Waals surface area contributed by atoms with Gasteiger partial charge in [-0.2, -0.15) is 0 Å². The van der Waals surface area contributed by atoms with E-state index < -0.39 is 0 Å². The van der Waals surface area contributed by atoms with Crippen LogP contribution < -0.4 is 14.5 Å². The molecule has 2 saturated heterocycles. The molecule has 5 rings (SSSR count). The van der Waals surface area contributed by atoms with Crippen LogP contribution >= 0.6 is 11.6 Å². The molecule has 2 aliphatic heterocycles. The molecule has 0 bridgehead atoms. The number of benzene rings is 2. The number of anilines is 2. The van der Waals surface area contributed by atoms with Crippen LogP contribution in [0.4, 0.5) is 11.5 Å². The molecule has 2 aromatic carbocycles. The van der Waals surface area contributed by atoms with Crippen molar-refractivity contribution in [1.82, 2.24) is 9.88 Å². The molecular weight excluding hydrogens is 464 g/mol. The molecule has 2 amide bonds. The molecular formula is C27H29ClN4O3. The zero-order valence-corrected chi connectivity index (χ0v) is 21.0. The number of nitrogens with zero attached hydrogens (tertiary/aromatic N) is 4. The number of carbonyl (C=O) groups excluding carboxylic acids is 2. The molecule has 1 aromatic heterocycles. The largest absolute Gasteiger partial charge is 0.495 e. The van der Waals surface area contributed by atoms with Gasteiger partial charge in [0, 0.05) is 49.6 Å². The molecule has 3 heterocycles. The van der Waals surface area contributed by atoms with Gasteiger partial charge in [0.2, 0.25) is 11.8 Å². The SMILES string of the molecule is COc1ccc(Cl)cc1N1CC(C(=O)N2CCN(c3cc(C)c4cccc(C)c4n3)CC2)CC1=O. The molecule has 8 heteroatoms. The fourth-order valence-electron chi connectivity index (χ4n) is 5.10. The predicted octanol–water partition coefficient (Wildman–Crippen LogP) is 4.22. The summed E-state index contributed by atoms with van der Waals surface area (Å²) in [5, 5.41) is 1.70. The lowest BCUT2D eigenvalue weighted by atomic mass is 10.1. The Morgan fingerprint density at radius 2 is 1.83 bits per heavy atom. The highest BCUT2D eigenvalue weighted by Crippen LogP contribution is 2.36. The van der Waals surface area contributed by atoms with Gasteiger partial charge < -0.3 is 19.4 Å². The van der Waals surface area contributed by atoms with Crippen LogP contribution in [-0.4, -0.2) is 61.5 Å². The van der Waals surface area contributed by atoms with Gasteiger partial charge in [0.15, 0.2) is 0 Å². The highest BCUT2D eigenvalue weighted by molar-refractivity contribution is 6.31. The summed E-state index contributed by atoms with van der Waals surface area (Å²) in [5.41, 5.74) is 4.00. The van der Waals surface area contributed by atoms with Gasteiger partial charge in [-0.15, -0.1) is 0 Å². The van der Waals surface area contributed by atoms with Crippen molar-refractivity contribution in [2.75, 3.05) is 49.6 Å². The fraction of sp³-hybridized carbons (Fsp3) is 0.370. The van der Waals surface area contributed by atoms with Gasteiger partial charge in [-0.3, -0.25) is 9.59 Å². The van der Waals surface area contributed by atoms with Crippen LogP contribution in [0.25, 0.3) is 10.9 Å². The van der Waals surface area contributed by atoms with Crippen molar-refractivity contribution in [1.29, 1.82) is 0 Å². The third-order valence-corrected chi connectivity index (χ3v) is 7.29. The van der Waals surface area contributed by atoms with E-state index in [0.717, 1.165) is 16.9 Å². The smallest absolute Gasteiger partial charge is 0.228 e. The fourth-order valence-corrected chi connectivity index (χ4v) is 5.27. The monoisotopic (exact) mass is 492 g/mol. The number of aromatic nitrogens is 1. The number of methoxy groups -OCH3 is 1. The second-order valence-corrected chi connectivity index (χ2v) is 9.74. The number of aryl methyl sites for hydroxylation is 2. The van der Waals surface area contributed by atoms with Crippen molar-refractivity contribution < 1.29 is 14.3 Å². The maximum Gasteiger partial charge on any atom is 0.228 e. The Morgan fingerprint density at radius 3 is 2.57 bits per heavy atom. The summed E-state index contributed by atoms with van der Waals surface area (Å²) in [5.74, 6) is 1.08. The number of carbonyl (C=O) groups is 2. The Hall–Kier alpha value is -3.32. The molecule has 0 saturated carbocycles. The number of fused-ring (bicyclic) bond motifs is 1. The molecule has 2 aliphatic rings. The number of ether oxygens (including phenoxy) is 1. The minimum atomic E-state index is -0.374. The minimum absolute atomic E-state index is 0.0278. The first kappa shape index (κ1) is 23.4. The van der Waals surface area contributed by atoms with Crippen molar-refractivity contribution in [3.63, 3.8) is 0 Å². The Bertz CT molecular complexity index is 1300. The predicted molar refractivity (Wildman–Crippen MR) is 138 cm³/mol. The highest BCUT2D eigenvalue weighted by atomic mass is 35.5. The van der Waals surface area contributed by atoms with E-state index in [1.165, 1.54) is 10.9 Å². The average Bonchev–Trinajstić information content (AvgIpc) is 3.25. The molecule has 3 aromatic rings. The molecule has 182 valence electrons. The number of hydrogen-bond donors (Lipinski definition) is 0. The van der Waals surface area contributed by atoms with E-state index in [2.05, 4.69) is 43.0 Å². The van der Waals surface area contributed by atoms with Crippen LogP contribution in [0.2, 0.25) is 5.02 Å².